The fourth-order valence-corrected chi connectivity index (χ4v) is 2.49. The summed E-state index contributed by atoms with van der Waals surface area (Å²) in [5, 5.41) is 8.87. The van der Waals surface area contributed by atoms with E-state index in [1.165, 1.54) is 51.4 Å². The Labute approximate surface area is 129 Å². The third-order valence-electron chi connectivity index (χ3n) is 3.90. The molecule has 0 radical (unpaired) electrons. The van der Waals surface area contributed by atoms with Gasteiger partial charge in [-0.25, -0.2) is 0 Å². The molecule has 1 aliphatic rings. The third kappa shape index (κ3) is 8.59. The van der Waals surface area contributed by atoms with Crippen LogP contribution in [0, 0.1) is 5.92 Å². The van der Waals surface area contributed by atoms with Crippen LogP contribution in [-0.4, -0.2) is 17.7 Å². The number of hydrogen-bond donors (Lipinski definition) is 1. The first-order chi connectivity index (χ1) is 10.2. The van der Waals surface area contributed by atoms with Crippen molar-refractivity contribution in [3.8, 4) is 0 Å². The zero-order chi connectivity index (χ0) is 15.3. The van der Waals surface area contributed by atoms with Gasteiger partial charge in [0.1, 0.15) is 5.76 Å². The van der Waals surface area contributed by atoms with Crippen LogP contribution in [0.3, 0.4) is 0 Å². The van der Waals surface area contributed by atoms with E-state index >= 15 is 0 Å². The molecule has 0 bridgehead atoms. The number of carbonyl (C=O) groups is 1. The first-order valence-corrected chi connectivity index (χ1v) is 8.48. The maximum Gasteiger partial charge on any atom is 0.310 e. The largest absolute Gasteiger partial charge is 0.494 e. The molecule has 0 aliphatic heterocycles. The first-order valence-electron chi connectivity index (χ1n) is 8.48. The lowest BCUT2D eigenvalue weighted by Crippen LogP contribution is -2.12. The Bertz CT molecular complexity index is 344. The van der Waals surface area contributed by atoms with Crippen molar-refractivity contribution in [2.45, 2.75) is 71.1 Å². The molecule has 0 saturated heterocycles. The molecule has 0 amide bonds. The third-order valence-corrected chi connectivity index (χ3v) is 3.90. The van der Waals surface area contributed by atoms with Crippen molar-refractivity contribution in [3.63, 3.8) is 0 Å². The number of aliphatic carboxylic acids is 1. The van der Waals surface area contributed by atoms with Crippen LogP contribution in [0.2, 0.25) is 0 Å². The number of carboxylic acids is 1. The molecular formula is C18H30O3. The van der Waals surface area contributed by atoms with Gasteiger partial charge < -0.3 is 9.84 Å². The summed E-state index contributed by atoms with van der Waals surface area (Å²) in [6.07, 6.45) is 17.7. The molecule has 1 unspecified atom stereocenters. The molecule has 0 aromatic rings. The van der Waals surface area contributed by atoms with Crippen LogP contribution in [0.4, 0.5) is 0 Å². The van der Waals surface area contributed by atoms with Crippen LogP contribution in [0.5, 0.6) is 0 Å². The minimum atomic E-state index is -0.763. The molecule has 0 saturated carbocycles. The summed E-state index contributed by atoms with van der Waals surface area (Å²) in [6.45, 7) is 2.99. The minimum absolute atomic E-state index is 0.384. The maximum atomic E-state index is 10.8. The van der Waals surface area contributed by atoms with Gasteiger partial charge in [-0.15, -0.1) is 0 Å². The van der Waals surface area contributed by atoms with Crippen LogP contribution < -0.4 is 0 Å². The predicted octanol–water partition coefficient (Wildman–Crippen LogP) is 5.08. The predicted molar refractivity (Wildman–Crippen MR) is 86.1 cm³/mol. The summed E-state index contributed by atoms with van der Waals surface area (Å²) in [7, 11) is 0. The van der Waals surface area contributed by atoms with Gasteiger partial charge in [0.25, 0.3) is 0 Å². The van der Waals surface area contributed by atoms with Gasteiger partial charge in [0.2, 0.25) is 0 Å². The summed E-state index contributed by atoms with van der Waals surface area (Å²) < 4.78 is 5.65. The molecule has 0 aromatic heterocycles. The molecule has 0 aromatic carbocycles. The van der Waals surface area contributed by atoms with Crippen molar-refractivity contribution >= 4 is 5.97 Å². The Morgan fingerprint density at radius 3 is 2.29 bits per heavy atom. The number of ether oxygens (including phenoxy) is 1. The van der Waals surface area contributed by atoms with Gasteiger partial charge >= 0.3 is 5.97 Å². The highest BCUT2D eigenvalue weighted by molar-refractivity contribution is 5.72. The lowest BCUT2D eigenvalue weighted by atomic mass is 10.0. The van der Waals surface area contributed by atoms with Gasteiger partial charge in [-0.1, -0.05) is 64.4 Å². The SMILES string of the molecule is CCCCCCCCCCCOC1=CCC(C(=O)O)C=C1. The zero-order valence-electron chi connectivity index (χ0n) is 13.4. The van der Waals surface area contributed by atoms with Crippen LogP contribution in [0.15, 0.2) is 24.0 Å². The average Bonchev–Trinajstić information content (AvgIpc) is 2.49. The van der Waals surface area contributed by atoms with Crippen molar-refractivity contribution < 1.29 is 14.6 Å². The smallest absolute Gasteiger partial charge is 0.310 e. The Kier molecular flexibility index (Phi) is 9.68. The van der Waals surface area contributed by atoms with E-state index in [9.17, 15) is 4.79 Å². The topological polar surface area (TPSA) is 46.5 Å². The summed E-state index contributed by atoms with van der Waals surface area (Å²) in [5.74, 6) is -0.322. The monoisotopic (exact) mass is 294 g/mol. The second-order valence-electron chi connectivity index (χ2n) is 5.82. The van der Waals surface area contributed by atoms with Crippen molar-refractivity contribution in [2.24, 2.45) is 5.92 Å². The van der Waals surface area contributed by atoms with Gasteiger partial charge in [-0.3, -0.25) is 4.79 Å². The Hall–Kier alpha value is -1.25. The molecule has 1 aliphatic carbocycles. The minimum Gasteiger partial charge on any atom is -0.494 e. The summed E-state index contributed by atoms with van der Waals surface area (Å²) >= 11 is 0. The highest BCUT2D eigenvalue weighted by Crippen LogP contribution is 2.18. The highest BCUT2D eigenvalue weighted by Gasteiger charge is 2.15. The number of carboxylic acid groups (broad SMARTS) is 1. The first kappa shape index (κ1) is 17.8. The molecule has 1 rings (SSSR count). The van der Waals surface area contributed by atoms with Crippen LogP contribution in [0.1, 0.15) is 71.1 Å². The molecule has 3 heteroatoms. The van der Waals surface area contributed by atoms with Crippen molar-refractivity contribution in [2.75, 3.05) is 6.61 Å². The van der Waals surface area contributed by atoms with Crippen molar-refractivity contribution in [1.29, 1.82) is 0 Å². The van der Waals surface area contributed by atoms with E-state index in [0.717, 1.165) is 18.8 Å². The van der Waals surface area contributed by atoms with E-state index in [4.69, 9.17) is 9.84 Å². The number of allylic oxidation sites excluding steroid dienone is 2. The standard InChI is InChI=1S/C18H30O3/c1-2-3-4-5-6-7-8-9-10-15-21-17-13-11-16(12-14-17)18(19)20/h11,13-14,16H,2-10,12,15H2,1H3,(H,19,20). The summed E-state index contributed by atoms with van der Waals surface area (Å²) in [5.41, 5.74) is 0. The van der Waals surface area contributed by atoms with Crippen LogP contribution in [-0.2, 0) is 9.53 Å². The number of unbranched alkanes of at least 4 members (excludes halogenated alkanes) is 8. The van der Waals surface area contributed by atoms with E-state index in [0.29, 0.717) is 6.42 Å². The highest BCUT2D eigenvalue weighted by atomic mass is 16.5. The second-order valence-corrected chi connectivity index (χ2v) is 5.82. The van der Waals surface area contributed by atoms with Gasteiger partial charge in [0, 0.05) is 0 Å². The molecule has 1 atom stereocenters. The molecule has 3 nitrogen and oxygen atoms in total. The van der Waals surface area contributed by atoms with Crippen LogP contribution >= 0.6 is 0 Å². The fraction of sp³-hybridized carbons (Fsp3) is 0.722. The van der Waals surface area contributed by atoms with Crippen molar-refractivity contribution in [3.05, 3.63) is 24.0 Å². The average molecular weight is 294 g/mol. The van der Waals surface area contributed by atoms with E-state index in [-0.39, 0.29) is 5.92 Å². The van der Waals surface area contributed by atoms with E-state index in [1.807, 2.05) is 6.08 Å². The molecular weight excluding hydrogens is 264 g/mol. The number of hydrogen-bond acceptors (Lipinski definition) is 2. The van der Waals surface area contributed by atoms with Gasteiger partial charge in [0.15, 0.2) is 0 Å². The Morgan fingerprint density at radius 2 is 1.76 bits per heavy atom. The lowest BCUT2D eigenvalue weighted by Gasteiger charge is -2.13. The molecule has 1 N–H and O–H groups in total. The molecule has 0 spiro atoms. The Morgan fingerprint density at radius 1 is 1.14 bits per heavy atom. The number of rotatable bonds is 12. The molecule has 0 fully saturated rings. The molecule has 21 heavy (non-hydrogen) atoms. The fourth-order valence-electron chi connectivity index (χ4n) is 2.49. The van der Waals surface area contributed by atoms with E-state index in [1.54, 1.807) is 12.2 Å². The zero-order valence-corrected chi connectivity index (χ0v) is 13.4. The normalized spacial score (nSPS) is 17.6. The second kappa shape index (κ2) is 11.4. The molecule has 120 valence electrons. The van der Waals surface area contributed by atoms with Gasteiger partial charge in [-0.2, -0.15) is 0 Å². The Balaban J connectivity index is 1.91. The summed E-state index contributed by atoms with van der Waals surface area (Å²) in [4.78, 5) is 10.8. The van der Waals surface area contributed by atoms with E-state index < -0.39 is 5.97 Å². The van der Waals surface area contributed by atoms with Gasteiger partial charge in [0.05, 0.1) is 12.5 Å². The van der Waals surface area contributed by atoms with E-state index in [2.05, 4.69) is 6.92 Å². The molecule has 0 heterocycles. The van der Waals surface area contributed by atoms with Gasteiger partial charge in [-0.05, 0) is 25.0 Å². The lowest BCUT2D eigenvalue weighted by molar-refractivity contribution is -0.140. The summed E-state index contributed by atoms with van der Waals surface area (Å²) in [6, 6.07) is 0. The quantitative estimate of drug-likeness (QED) is 0.511. The maximum absolute atomic E-state index is 10.8. The van der Waals surface area contributed by atoms with Crippen LogP contribution in [0.25, 0.3) is 0 Å². The van der Waals surface area contributed by atoms with Crippen molar-refractivity contribution in [1.82, 2.24) is 0 Å².